The summed E-state index contributed by atoms with van der Waals surface area (Å²) in [5.74, 6) is 0.695. The van der Waals surface area contributed by atoms with Crippen LogP contribution in [0.25, 0.3) is 0 Å². The Morgan fingerprint density at radius 2 is 2.29 bits per heavy atom. The lowest BCUT2D eigenvalue weighted by Crippen LogP contribution is -2.30. The second-order valence-corrected chi connectivity index (χ2v) is 6.02. The van der Waals surface area contributed by atoms with E-state index in [1.54, 1.807) is 0 Å². The van der Waals surface area contributed by atoms with Gasteiger partial charge in [0.05, 0.1) is 11.1 Å². The lowest BCUT2D eigenvalue weighted by Gasteiger charge is -2.09. The summed E-state index contributed by atoms with van der Waals surface area (Å²) in [7, 11) is 0. The molecule has 1 fully saturated rings. The SMILES string of the molecule is CC(C)c1nnsc1C(=O)NCC(Cl)C1CC1. The molecule has 2 rings (SSSR count). The minimum Gasteiger partial charge on any atom is -0.350 e. The quantitative estimate of drug-likeness (QED) is 0.838. The Morgan fingerprint density at radius 1 is 1.59 bits per heavy atom. The zero-order valence-electron chi connectivity index (χ0n) is 9.94. The molecule has 1 saturated carbocycles. The van der Waals surface area contributed by atoms with Crippen LogP contribution < -0.4 is 5.32 Å². The van der Waals surface area contributed by atoms with Crippen LogP contribution in [0.3, 0.4) is 0 Å². The van der Waals surface area contributed by atoms with Crippen molar-refractivity contribution in [3.63, 3.8) is 0 Å². The topological polar surface area (TPSA) is 54.9 Å². The molecular weight excluding hydrogens is 258 g/mol. The first kappa shape index (κ1) is 12.8. The molecule has 1 N–H and O–H groups in total. The third-order valence-electron chi connectivity index (χ3n) is 2.86. The fourth-order valence-electron chi connectivity index (χ4n) is 1.63. The van der Waals surface area contributed by atoms with Gasteiger partial charge in [-0.1, -0.05) is 18.3 Å². The largest absolute Gasteiger partial charge is 0.350 e. The molecule has 1 heterocycles. The fraction of sp³-hybridized carbons (Fsp3) is 0.727. The highest BCUT2D eigenvalue weighted by Gasteiger charge is 2.30. The number of nitrogens with one attached hydrogen (secondary N) is 1. The van der Waals surface area contributed by atoms with Crippen molar-refractivity contribution < 1.29 is 4.79 Å². The minimum atomic E-state index is -0.102. The standard InChI is InChI=1S/C11H16ClN3OS/c1-6(2)9-10(17-15-14-9)11(16)13-5-8(12)7-3-4-7/h6-8H,3-5H2,1-2H3,(H,13,16). The van der Waals surface area contributed by atoms with Crippen LogP contribution in [-0.4, -0.2) is 27.4 Å². The van der Waals surface area contributed by atoms with Crippen molar-refractivity contribution in [1.29, 1.82) is 0 Å². The van der Waals surface area contributed by atoms with Crippen molar-refractivity contribution in [3.05, 3.63) is 10.6 Å². The van der Waals surface area contributed by atoms with E-state index in [9.17, 15) is 4.79 Å². The van der Waals surface area contributed by atoms with Crippen molar-refractivity contribution in [2.45, 2.75) is 38.0 Å². The maximum Gasteiger partial charge on any atom is 0.265 e. The number of carbonyl (C=O) groups excluding carboxylic acids is 1. The summed E-state index contributed by atoms with van der Waals surface area (Å²) in [6.45, 7) is 4.53. The molecule has 1 amide bonds. The molecule has 0 aromatic carbocycles. The number of halogens is 1. The first-order valence-electron chi connectivity index (χ1n) is 5.84. The highest BCUT2D eigenvalue weighted by Crippen LogP contribution is 2.35. The van der Waals surface area contributed by atoms with E-state index in [0.717, 1.165) is 17.2 Å². The second kappa shape index (κ2) is 5.31. The van der Waals surface area contributed by atoms with Crippen LogP contribution in [0.2, 0.25) is 0 Å². The van der Waals surface area contributed by atoms with E-state index in [0.29, 0.717) is 17.3 Å². The van der Waals surface area contributed by atoms with Crippen LogP contribution in [0.15, 0.2) is 0 Å². The summed E-state index contributed by atoms with van der Waals surface area (Å²) in [5, 5.41) is 6.90. The van der Waals surface area contributed by atoms with Gasteiger partial charge in [0.1, 0.15) is 4.88 Å². The average Bonchev–Trinajstić information content (AvgIpc) is 3.02. The monoisotopic (exact) mass is 273 g/mol. The van der Waals surface area contributed by atoms with Gasteiger partial charge >= 0.3 is 0 Å². The van der Waals surface area contributed by atoms with E-state index >= 15 is 0 Å². The second-order valence-electron chi connectivity index (χ2n) is 4.71. The fourth-order valence-corrected chi connectivity index (χ4v) is 2.69. The summed E-state index contributed by atoms with van der Waals surface area (Å²) in [6.07, 6.45) is 2.37. The molecule has 1 aromatic rings. The number of hydrogen-bond donors (Lipinski definition) is 1. The molecule has 1 aromatic heterocycles. The Morgan fingerprint density at radius 3 is 2.88 bits per heavy atom. The maximum absolute atomic E-state index is 11.9. The molecule has 1 atom stereocenters. The third kappa shape index (κ3) is 3.16. The molecular formula is C11H16ClN3OS. The smallest absolute Gasteiger partial charge is 0.265 e. The normalized spacial score (nSPS) is 17.2. The van der Waals surface area contributed by atoms with Gasteiger partial charge in [0.2, 0.25) is 0 Å². The molecule has 0 spiro atoms. The van der Waals surface area contributed by atoms with Gasteiger partial charge in [-0.3, -0.25) is 4.79 Å². The van der Waals surface area contributed by atoms with Gasteiger partial charge in [-0.2, -0.15) is 0 Å². The number of carbonyl (C=O) groups is 1. The highest BCUT2D eigenvalue weighted by atomic mass is 35.5. The van der Waals surface area contributed by atoms with E-state index in [1.165, 1.54) is 12.8 Å². The van der Waals surface area contributed by atoms with E-state index < -0.39 is 0 Å². The Labute approximate surface area is 110 Å². The van der Waals surface area contributed by atoms with Crippen molar-refractivity contribution in [2.75, 3.05) is 6.54 Å². The van der Waals surface area contributed by atoms with Gasteiger partial charge in [-0.15, -0.1) is 16.7 Å². The number of alkyl halides is 1. The number of nitrogens with zero attached hydrogens (tertiary/aromatic N) is 2. The molecule has 4 nitrogen and oxygen atoms in total. The highest BCUT2D eigenvalue weighted by molar-refractivity contribution is 7.08. The van der Waals surface area contributed by atoms with E-state index in [1.807, 2.05) is 13.8 Å². The average molecular weight is 274 g/mol. The Kier molecular flexibility index (Phi) is 3.99. The lowest BCUT2D eigenvalue weighted by molar-refractivity contribution is 0.0955. The number of aromatic nitrogens is 2. The summed E-state index contributed by atoms with van der Waals surface area (Å²) in [4.78, 5) is 12.5. The zero-order valence-corrected chi connectivity index (χ0v) is 11.5. The summed E-state index contributed by atoms with van der Waals surface area (Å²) >= 11 is 7.29. The van der Waals surface area contributed by atoms with Gasteiger partial charge in [-0.25, -0.2) is 0 Å². The van der Waals surface area contributed by atoms with E-state index in [2.05, 4.69) is 14.9 Å². The van der Waals surface area contributed by atoms with Crippen molar-refractivity contribution in [2.24, 2.45) is 5.92 Å². The first-order chi connectivity index (χ1) is 8.09. The van der Waals surface area contributed by atoms with Crippen LogP contribution in [0, 0.1) is 5.92 Å². The third-order valence-corrected chi connectivity index (χ3v) is 4.11. The summed E-state index contributed by atoms with van der Waals surface area (Å²) in [6, 6.07) is 0. The summed E-state index contributed by atoms with van der Waals surface area (Å²) in [5.41, 5.74) is 0.769. The molecule has 17 heavy (non-hydrogen) atoms. The Bertz CT molecular complexity index is 403. The predicted molar refractivity (Wildman–Crippen MR) is 68.7 cm³/mol. The lowest BCUT2D eigenvalue weighted by atomic mass is 10.1. The van der Waals surface area contributed by atoms with Gasteiger partial charge in [0, 0.05) is 6.54 Å². The Balaban J connectivity index is 1.92. The molecule has 0 aliphatic heterocycles. The molecule has 94 valence electrons. The van der Waals surface area contributed by atoms with Crippen molar-refractivity contribution >= 4 is 29.0 Å². The van der Waals surface area contributed by atoms with Crippen LogP contribution in [-0.2, 0) is 0 Å². The van der Waals surface area contributed by atoms with Gasteiger partial charge in [-0.05, 0) is 36.2 Å². The van der Waals surface area contributed by atoms with Gasteiger partial charge in [0.15, 0.2) is 0 Å². The first-order valence-corrected chi connectivity index (χ1v) is 7.05. The molecule has 1 unspecified atom stereocenters. The molecule has 0 saturated heterocycles. The number of hydrogen-bond acceptors (Lipinski definition) is 4. The van der Waals surface area contributed by atoms with Crippen molar-refractivity contribution in [1.82, 2.24) is 14.9 Å². The van der Waals surface area contributed by atoms with Crippen LogP contribution in [0.1, 0.15) is 48.0 Å². The molecule has 0 radical (unpaired) electrons. The molecule has 0 bridgehead atoms. The van der Waals surface area contributed by atoms with Gasteiger partial charge in [0.25, 0.3) is 5.91 Å². The summed E-state index contributed by atoms with van der Waals surface area (Å²) < 4.78 is 3.84. The van der Waals surface area contributed by atoms with Crippen molar-refractivity contribution in [3.8, 4) is 0 Å². The maximum atomic E-state index is 11.9. The Hall–Kier alpha value is -0.680. The number of amides is 1. The molecule has 1 aliphatic rings. The number of rotatable bonds is 5. The van der Waals surface area contributed by atoms with Crippen LogP contribution in [0.4, 0.5) is 0 Å². The predicted octanol–water partition coefficient (Wildman–Crippen LogP) is 2.41. The van der Waals surface area contributed by atoms with Crippen LogP contribution in [0.5, 0.6) is 0 Å². The molecule has 1 aliphatic carbocycles. The molecule has 6 heteroatoms. The van der Waals surface area contributed by atoms with Crippen LogP contribution >= 0.6 is 23.1 Å². The van der Waals surface area contributed by atoms with E-state index in [4.69, 9.17) is 11.6 Å². The van der Waals surface area contributed by atoms with E-state index in [-0.39, 0.29) is 17.2 Å². The zero-order chi connectivity index (χ0) is 12.4. The van der Waals surface area contributed by atoms with Gasteiger partial charge < -0.3 is 5.32 Å². The minimum absolute atomic E-state index is 0.0577.